The van der Waals surface area contributed by atoms with Crippen molar-refractivity contribution in [1.29, 1.82) is 0 Å². The summed E-state index contributed by atoms with van der Waals surface area (Å²) in [5.74, 6) is -0.318. The summed E-state index contributed by atoms with van der Waals surface area (Å²) in [7, 11) is 0. The maximum Gasteiger partial charge on any atom is 0.277 e. The highest BCUT2D eigenvalue weighted by Crippen LogP contribution is 2.26. The lowest BCUT2D eigenvalue weighted by Crippen LogP contribution is -2.13. The molecule has 0 unspecified atom stereocenters. The van der Waals surface area contributed by atoms with Crippen molar-refractivity contribution >= 4 is 43.5 Å². The molecule has 1 aromatic heterocycles. The fraction of sp³-hybridized carbons (Fsp3) is 0.182. The summed E-state index contributed by atoms with van der Waals surface area (Å²) in [5, 5.41) is 10.4. The van der Waals surface area contributed by atoms with Crippen LogP contribution in [0.2, 0.25) is 0 Å². The smallest absolute Gasteiger partial charge is 0.277 e. The Hall–Kier alpha value is -1.25. The molecule has 0 saturated carbocycles. The molecular formula is C11H11Br2N5O. The van der Waals surface area contributed by atoms with Crippen LogP contribution in [-0.4, -0.2) is 27.4 Å². The Balaban J connectivity index is 2.13. The lowest BCUT2D eigenvalue weighted by molar-refractivity contribution is 0.102. The van der Waals surface area contributed by atoms with E-state index in [1.807, 2.05) is 12.1 Å². The molecular weight excluding hydrogens is 378 g/mol. The van der Waals surface area contributed by atoms with Crippen molar-refractivity contribution in [2.75, 3.05) is 11.9 Å². The topological polar surface area (TPSA) is 85.8 Å². The van der Waals surface area contributed by atoms with E-state index < -0.39 is 0 Å². The minimum absolute atomic E-state index is 0.250. The van der Waals surface area contributed by atoms with Gasteiger partial charge in [-0.2, -0.15) is 0 Å². The zero-order valence-corrected chi connectivity index (χ0v) is 13.0. The average molecular weight is 389 g/mol. The van der Waals surface area contributed by atoms with E-state index >= 15 is 0 Å². The van der Waals surface area contributed by atoms with Gasteiger partial charge in [0.15, 0.2) is 5.69 Å². The normalized spacial score (nSPS) is 10.5. The van der Waals surface area contributed by atoms with Gasteiger partial charge in [-0.15, -0.1) is 5.10 Å². The van der Waals surface area contributed by atoms with Gasteiger partial charge in [0, 0.05) is 15.5 Å². The Morgan fingerprint density at radius 3 is 2.95 bits per heavy atom. The summed E-state index contributed by atoms with van der Waals surface area (Å²) in [6.07, 6.45) is 1.56. The van der Waals surface area contributed by atoms with Gasteiger partial charge in [0.25, 0.3) is 5.91 Å². The van der Waals surface area contributed by atoms with E-state index in [9.17, 15) is 4.79 Å². The molecule has 1 heterocycles. The fourth-order valence-electron chi connectivity index (χ4n) is 1.42. The van der Waals surface area contributed by atoms with E-state index in [1.54, 1.807) is 12.3 Å². The van der Waals surface area contributed by atoms with Gasteiger partial charge in [0.05, 0.1) is 18.4 Å². The number of nitrogens with two attached hydrogens (primary N) is 1. The molecule has 0 aliphatic carbocycles. The number of nitrogens with zero attached hydrogens (tertiary/aromatic N) is 3. The molecule has 3 N–H and O–H groups in total. The van der Waals surface area contributed by atoms with Crippen molar-refractivity contribution in [3.63, 3.8) is 0 Å². The maximum atomic E-state index is 12.0. The third-order valence-electron chi connectivity index (χ3n) is 2.31. The van der Waals surface area contributed by atoms with Crippen molar-refractivity contribution in [3.8, 4) is 0 Å². The van der Waals surface area contributed by atoms with Gasteiger partial charge in [-0.3, -0.25) is 9.48 Å². The van der Waals surface area contributed by atoms with E-state index in [-0.39, 0.29) is 11.6 Å². The second kappa shape index (κ2) is 6.27. The van der Waals surface area contributed by atoms with Crippen LogP contribution in [0.15, 0.2) is 33.3 Å². The molecule has 0 saturated heterocycles. The highest BCUT2D eigenvalue weighted by Gasteiger charge is 2.12. The molecule has 1 aromatic carbocycles. The standard InChI is InChI=1S/C11H11Br2N5O/c12-7-1-2-8(13)9(5-7)15-11(19)10-6-18(4-3-14)17-16-10/h1-2,5-6H,3-4,14H2,(H,15,19). The second-order valence-corrected chi connectivity index (χ2v) is 5.50. The summed E-state index contributed by atoms with van der Waals surface area (Å²) in [4.78, 5) is 12.0. The number of carbonyl (C=O) groups excluding carboxylic acids is 1. The zero-order valence-electron chi connectivity index (χ0n) is 9.81. The average Bonchev–Trinajstić information content (AvgIpc) is 2.83. The van der Waals surface area contributed by atoms with E-state index in [4.69, 9.17) is 5.73 Å². The number of anilines is 1. The van der Waals surface area contributed by atoms with Gasteiger partial charge < -0.3 is 11.1 Å². The van der Waals surface area contributed by atoms with Crippen LogP contribution in [0.25, 0.3) is 0 Å². The molecule has 0 aliphatic heterocycles. The zero-order chi connectivity index (χ0) is 13.8. The fourth-order valence-corrected chi connectivity index (χ4v) is 2.13. The van der Waals surface area contributed by atoms with Crippen LogP contribution in [0.5, 0.6) is 0 Å². The number of carbonyl (C=O) groups is 1. The molecule has 0 spiro atoms. The van der Waals surface area contributed by atoms with Crippen LogP contribution in [0.3, 0.4) is 0 Å². The number of aromatic nitrogens is 3. The van der Waals surface area contributed by atoms with Gasteiger partial charge in [-0.1, -0.05) is 21.1 Å². The number of halogens is 2. The summed E-state index contributed by atoms with van der Waals surface area (Å²) >= 11 is 6.72. The molecule has 100 valence electrons. The molecule has 6 nitrogen and oxygen atoms in total. The van der Waals surface area contributed by atoms with E-state index in [0.717, 1.165) is 8.95 Å². The predicted molar refractivity (Wildman–Crippen MR) is 78.9 cm³/mol. The molecule has 0 radical (unpaired) electrons. The molecule has 0 bridgehead atoms. The van der Waals surface area contributed by atoms with Gasteiger partial charge in [-0.25, -0.2) is 0 Å². The maximum absolute atomic E-state index is 12.0. The van der Waals surface area contributed by atoms with Gasteiger partial charge in [-0.05, 0) is 34.1 Å². The first-order chi connectivity index (χ1) is 9.10. The van der Waals surface area contributed by atoms with E-state index in [1.165, 1.54) is 4.68 Å². The van der Waals surface area contributed by atoms with Crippen LogP contribution in [0.1, 0.15) is 10.5 Å². The SMILES string of the molecule is NCCn1cc(C(=O)Nc2cc(Br)ccc2Br)nn1. The Morgan fingerprint density at radius 2 is 2.21 bits per heavy atom. The van der Waals surface area contributed by atoms with Crippen molar-refractivity contribution in [3.05, 3.63) is 39.0 Å². The van der Waals surface area contributed by atoms with Crippen molar-refractivity contribution in [2.45, 2.75) is 6.54 Å². The minimum atomic E-state index is -0.318. The number of nitrogens with one attached hydrogen (secondary N) is 1. The van der Waals surface area contributed by atoms with Gasteiger partial charge in [0.1, 0.15) is 0 Å². The Bertz CT molecular complexity index is 599. The van der Waals surface area contributed by atoms with Crippen LogP contribution in [0, 0.1) is 0 Å². The quantitative estimate of drug-likeness (QED) is 0.838. The highest BCUT2D eigenvalue weighted by atomic mass is 79.9. The molecule has 2 aromatic rings. The predicted octanol–water partition coefficient (Wildman–Crippen LogP) is 2.01. The van der Waals surface area contributed by atoms with Gasteiger partial charge in [0.2, 0.25) is 0 Å². The van der Waals surface area contributed by atoms with Crippen molar-refractivity contribution in [2.24, 2.45) is 5.73 Å². The van der Waals surface area contributed by atoms with Crippen LogP contribution < -0.4 is 11.1 Å². The van der Waals surface area contributed by atoms with Crippen LogP contribution in [0.4, 0.5) is 5.69 Å². The molecule has 1 amide bonds. The summed E-state index contributed by atoms with van der Waals surface area (Å²) < 4.78 is 3.20. The van der Waals surface area contributed by atoms with E-state index in [0.29, 0.717) is 18.8 Å². The lowest BCUT2D eigenvalue weighted by atomic mass is 10.3. The Labute approximate surface area is 126 Å². The summed E-state index contributed by atoms with van der Waals surface area (Å²) in [6.45, 7) is 0.975. The first-order valence-corrected chi connectivity index (χ1v) is 7.05. The number of amides is 1. The number of hydrogen-bond donors (Lipinski definition) is 2. The third-order valence-corrected chi connectivity index (χ3v) is 3.49. The molecule has 0 fully saturated rings. The first kappa shape index (κ1) is 14.2. The number of hydrogen-bond acceptors (Lipinski definition) is 4. The molecule has 8 heteroatoms. The van der Waals surface area contributed by atoms with E-state index in [2.05, 4.69) is 47.5 Å². The van der Waals surface area contributed by atoms with Crippen molar-refractivity contribution in [1.82, 2.24) is 15.0 Å². The number of rotatable bonds is 4. The largest absolute Gasteiger partial charge is 0.329 e. The summed E-state index contributed by atoms with van der Waals surface area (Å²) in [6, 6.07) is 5.51. The first-order valence-electron chi connectivity index (χ1n) is 5.47. The Kier molecular flexibility index (Phi) is 4.67. The summed E-state index contributed by atoms with van der Waals surface area (Å²) in [5.41, 5.74) is 6.32. The second-order valence-electron chi connectivity index (χ2n) is 3.73. The lowest BCUT2D eigenvalue weighted by Gasteiger charge is -2.05. The van der Waals surface area contributed by atoms with Gasteiger partial charge >= 0.3 is 0 Å². The Morgan fingerprint density at radius 1 is 1.42 bits per heavy atom. The van der Waals surface area contributed by atoms with Crippen LogP contribution >= 0.6 is 31.9 Å². The monoisotopic (exact) mass is 387 g/mol. The number of benzene rings is 1. The molecule has 0 atom stereocenters. The molecule has 2 rings (SSSR count). The molecule has 19 heavy (non-hydrogen) atoms. The highest BCUT2D eigenvalue weighted by molar-refractivity contribution is 9.11. The minimum Gasteiger partial charge on any atom is -0.329 e. The molecule has 0 aliphatic rings. The van der Waals surface area contributed by atoms with Crippen molar-refractivity contribution < 1.29 is 4.79 Å². The third kappa shape index (κ3) is 3.62. The van der Waals surface area contributed by atoms with Crippen LogP contribution in [-0.2, 0) is 6.54 Å².